The SMILES string of the molecule is CC(=O)O[C@]1(C)C[C@@H](/C=C(\C)C/C=C/C(C)(C)O)O[C@@]2(C=C(CO)[C@H]3CC(=O)C(C)=C[C@H]3O2)C1. The Morgan fingerprint density at radius 1 is 1.32 bits per heavy atom. The predicted octanol–water partition coefficient (Wildman–Crippen LogP) is 3.70. The molecule has 188 valence electrons. The van der Waals surface area contributed by atoms with Crippen LogP contribution in [-0.4, -0.2) is 57.8 Å². The number of ketones is 1. The van der Waals surface area contributed by atoms with Crippen molar-refractivity contribution in [1.29, 1.82) is 0 Å². The van der Waals surface area contributed by atoms with Crippen LogP contribution in [0.3, 0.4) is 0 Å². The highest BCUT2D eigenvalue weighted by molar-refractivity contribution is 5.96. The molecule has 3 rings (SSSR count). The normalized spacial score (nSPS) is 34.6. The molecule has 1 aliphatic carbocycles. The summed E-state index contributed by atoms with van der Waals surface area (Å²) in [5, 5.41) is 20.0. The van der Waals surface area contributed by atoms with Crippen molar-refractivity contribution >= 4 is 11.8 Å². The predicted molar refractivity (Wildman–Crippen MR) is 128 cm³/mol. The Labute approximate surface area is 202 Å². The van der Waals surface area contributed by atoms with Crippen molar-refractivity contribution in [2.45, 2.75) is 96.4 Å². The van der Waals surface area contributed by atoms with Crippen LogP contribution in [0.25, 0.3) is 0 Å². The highest BCUT2D eigenvalue weighted by atomic mass is 16.7. The molecule has 34 heavy (non-hydrogen) atoms. The summed E-state index contributed by atoms with van der Waals surface area (Å²) in [4.78, 5) is 24.2. The topological polar surface area (TPSA) is 102 Å². The number of esters is 1. The lowest BCUT2D eigenvalue weighted by molar-refractivity contribution is -0.297. The van der Waals surface area contributed by atoms with Gasteiger partial charge in [0.25, 0.3) is 0 Å². The Morgan fingerprint density at radius 3 is 2.65 bits per heavy atom. The smallest absolute Gasteiger partial charge is 0.303 e. The first-order chi connectivity index (χ1) is 15.7. The van der Waals surface area contributed by atoms with Gasteiger partial charge in [-0.1, -0.05) is 23.8 Å². The minimum atomic E-state index is -1.21. The standard InChI is InChI=1S/C27H38O7/c1-17(8-7-9-25(4,5)31)10-21-14-26(6,32-19(3)29)16-27(33-21)13-20(15-28)22-12-23(30)18(2)11-24(22)34-27/h7,9-11,13,21-22,24,28,31H,8,12,14-16H2,1-6H3/b9-7+,17-10+/t21-,22-,24-,26-,27-/m1/s1. The molecule has 0 aromatic carbocycles. The van der Waals surface area contributed by atoms with E-state index in [-0.39, 0.29) is 37.1 Å². The largest absolute Gasteiger partial charge is 0.459 e. The minimum Gasteiger partial charge on any atom is -0.459 e. The number of ether oxygens (including phenoxy) is 3. The van der Waals surface area contributed by atoms with Gasteiger partial charge in [-0.05, 0) is 64.3 Å². The molecule has 2 heterocycles. The number of carbonyl (C=O) groups is 2. The summed E-state index contributed by atoms with van der Waals surface area (Å²) < 4.78 is 18.7. The van der Waals surface area contributed by atoms with Gasteiger partial charge in [-0.25, -0.2) is 0 Å². The van der Waals surface area contributed by atoms with Crippen LogP contribution in [0.1, 0.15) is 67.2 Å². The molecule has 3 aliphatic rings. The number of allylic oxidation sites excluding steroid dienone is 3. The van der Waals surface area contributed by atoms with Crippen molar-refractivity contribution in [2.24, 2.45) is 5.92 Å². The van der Waals surface area contributed by atoms with Gasteiger partial charge < -0.3 is 24.4 Å². The van der Waals surface area contributed by atoms with Crippen LogP contribution in [-0.2, 0) is 23.8 Å². The van der Waals surface area contributed by atoms with Gasteiger partial charge in [0, 0.05) is 32.1 Å². The lowest BCUT2D eigenvalue weighted by atomic mass is 9.77. The van der Waals surface area contributed by atoms with E-state index >= 15 is 0 Å². The van der Waals surface area contributed by atoms with Gasteiger partial charge >= 0.3 is 5.97 Å². The van der Waals surface area contributed by atoms with Crippen LogP contribution >= 0.6 is 0 Å². The maximum absolute atomic E-state index is 12.3. The minimum absolute atomic E-state index is 0.0463. The van der Waals surface area contributed by atoms with Gasteiger partial charge in [-0.3, -0.25) is 9.59 Å². The molecule has 1 saturated heterocycles. The molecule has 0 aromatic heterocycles. The molecule has 0 aromatic rings. The number of aliphatic hydroxyl groups is 2. The third-order valence-electron chi connectivity index (χ3n) is 6.49. The summed E-state index contributed by atoms with van der Waals surface area (Å²) in [6, 6.07) is 0. The van der Waals surface area contributed by atoms with E-state index in [2.05, 4.69) is 0 Å². The second-order valence-electron chi connectivity index (χ2n) is 10.7. The second kappa shape index (κ2) is 9.90. The lowest BCUT2D eigenvalue weighted by Crippen LogP contribution is -2.57. The quantitative estimate of drug-likeness (QED) is 0.447. The van der Waals surface area contributed by atoms with Crippen molar-refractivity contribution in [3.05, 3.63) is 47.1 Å². The van der Waals surface area contributed by atoms with Crippen LogP contribution < -0.4 is 0 Å². The van der Waals surface area contributed by atoms with Gasteiger partial charge in [-0.2, -0.15) is 0 Å². The summed E-state index contributed by atoms with van der Waals surface area (Å²) in [6.45, 7) is 10.2. The van der Waals surface area contributed by atoms with Gasteiger partial charge in [0.2, 0.25) is 0 Å². The lowest BCUT2D eigenvalue weighted by Gasteiger charge is -2.51. The molecule has 7 heteroatoms. The zero-order chi connectivity index (χ0) is 25.3. The number of Topliss-reactive ketones (excluding diaryl/α,β-unsaturated/α-hetero) is 1. The molecular formula is C27H38O7. The first-order valence-electron chi connectivity index (χ1n) is 11.9. The third-order valence-corrected chi connectivity index (χ3v) is 6.49. The molecule has 0 unspecified atom stereocenters. The van der Waals surface area contributed by atoms with E-state index in [4.69, 9.17) is 14.2 Å². The van der Waals surface area contributed by atoms with Crippen molar-refractivity contribution in [3.63, 3.8) is 0 Å². The van der Waals surface area contributed by atoms with Gasteiger partial charge in [0.05, 0.1) is 24.4 Å². The molecule has 2 N–H and O–H groups in total. The Hall–Kier alpha value is -2.06. The fraction of sp³-hybridized carbons (Fsp3) is 0.630. The van der Waals surface area contributed by atoms with Crippen LogP contribution in [0.4, 0.5) is 0 Å². The van der Waals surface area contributed by atoms with Crippen molar-refractivity contribution < 1.29 is 34.0 Å². The van der Waals surface area contributed by atoms with E-state index in [0.29, 0.717) is 24.0 Å². The Kier molecular flexibility index (Phi) is 7.73. The first kappa shape index (κ1) is 26.5. The summed E-state index contributed by atoms with van der Waals surface area (Å²) in [5.74, 6) is -1.78. The summed E-state index contributed by atoms with van der Waals surface area (Å²) in [5.41, 5.74) is 0.645. The molecule has 0 saturated carbocycles. The van der Waals surface area contributed by atoms with Crippen molar-refractivity contribution in [3.8, 4) is 0 Å². The maximum atomic E-state index is 12.3. The Bertz CT molecular complexity index is 935. The molecule has 1 spiro atoms. The van der Waals surface area contributed by atoms with Crippen LogP contribution in [0.15, 0.2) is 47.1 Å². The van der Waals surface area contributed by atoms with E-state index in [9.17, 15) is 19.8 Å². The number of aliphatic hydroxyl groups excluding tert-OH is 1. The van der Waals surface area contributed by atoms with Crippen molar-refractivity contribution in [1.82, 2.24) is 0 Å². The Balaban J connectivity index is 1.94. The van der Waals surface area contributed by atoms with Gasteiger partial charge in [-0.15, -0.1) is 0 Å². The Morgan fingerprint density at radius 2 is 2.03 bits per heavy atom. The zero-order valence-electron chi connectivity index (χ0n) is 21.1. The summed E-state index contributed by atoms with van der Waals surface area (Å²) >= 11 is 0. The molecule has 0 bridgehead atoms. The number of fused-ring (bicyclic) bond motifs is 1. The fourth-order valence-electron chi connectivity index (χ4n) is 5.16. The van der Waals surface area contributed by atoms with Gasteiger partial charge in [0.1, 0.15) is 5.60 Å². The molecular weight excluding hydrogens is 436 g/mol. The van der Waals surface area contributed by atoms with E-state index < -0.39 is 29.2 Å². The third kappa shape index (κ3) is 6.54. The fourth-order valence-corrected chi connectivity index (χ4v) is 5.16. The van der Waals surface area contributed by atoms with E-state index in [1.54, 1.807) is 39.0 Å². The van der Waals surface area contributed by atoms with E-state index in [1.807, 2.05) is 26.0 Å². The number of rotatable bonds is 6. The molecule has 0 radical (unpaired) electrons. The van der Waals surface area contributed by atoms with E-state index in [0.717, 1.165) is 5.57 Å². The zero-order valence-corrected chi connectivity index (χ0v) is 21.1. The highest BCUT2D eigenvalue weighted by Crippen LogP contribution is 2.47. The van der Waals surface area contributed by atoms with Crippen LogP contribution in [0, 0.1) is 5.92 Å². The van der Waals surface area contributed by atoms with Crippen LogP contribution in [0.5, 0.6) is 0 Å². The number of hydrogen-bond donors (Lipinski definition) is 2. The van der Waals surface area contributed by atoms with Gasteiger partial charge in [0.15, 0.2) is 11.6 Å². The molecule has 0 amide bonds. The number of hydrogen-bond acceptors (Lipinski definition) is 7. The molecule has 5 atom stereocenters. The summed E-state index contributed by atoms with van der Waals surface area (Å²) in [6.07, 6.45) is 10.1. The average Bonchev–Trinajstić information content (AvgIpc) is 2.66. The second-order valence-corrected chi connectivity index (χ2v) is 10.7. The molecule has 2 aliphatic heterocycles. The molecule has 7 nitrogen and oxygen atoms in total. The van der Waals surface area contributed by atoms with Crippen molar-refractivity contribution in [2.75, 3.05) is 6.61 Å². The number of carbonyl (C=O) groups excluding carboxylic acids is 2. The monoisotopic (exact) mass is 474 g/mol. The van der Waals surface area contributed by atoms with E-state index in [1.165, 1.54) is 6.92 Å². The molecule has 1 fully saturated rings. The highest BCUT2D eigenvalue weighted by Gasteiger charge is 2.53. The summed E-state index contributed by atoms with van der Waals surface area (Å²) in [7, 11) is 0. The average molecular weight is 475 g/mol. The van der Waals surface area contributed by atoms with Crippen LogP contribution in [0.2, 0.25) is 0 Å². The maximum Gasteiger partial charge on any atom is 0.303 e. The first-order valence-corrected chi connectivity index (χ1v) is 11.9.